The molecule has 4 rings (SSSR count). The van der Waals surface area contributed by atoms with E-state index in [-0.39, 0.29) is 12.5 Å². The Hall–Kier alpha value is -2.47. The van der Waals surface area contributed by atoms with Crippen molar-refractivity contribution in [2.24, 2.45) is 11.0 Å². The summed E-state index contributed by atoms with van der Waals surface area (Å²) in [5.41, 5.74) is 3.16. The third-order valence-electron chi connectivity index (χ3n) is 5.05. The molecule has 5 nitrogen and oxygen atoms in total. The fourth-order valence-electron chi connectivity index (χ4n) is 3.55. The van der Waals surface area contributed by atoms with Gasteiger partial charge in [0.25, 0.3) is 5.91 Å². The molecule has 0 unspecified atom stereocenters. The van der Waals surface area contributed by atoms with Gasteiger partial charge in [0.1, 0.15) is 4.88 Å². The smallest absolute Gasteiger partial charge is 0.348 e. The Balaban J connectivity index is 1.34. The van der Waals surface area contributed by atoms with E-state index in [1.807, 2.05) is 36.4 Å². The third kappa shape index (κ3) is 3.95. The fraction of sp³-hybridized carbons (Fsp3) is 0.381. The summed E-state index contributed by atoms with van der Waals surface area (Å²) >= 11 is 1.50. The normalized spacial score (nSPS) is 18.8. The standard InChI is InChI=1S/C21H22N2O3S/c1-14-7-8-18-16(11-14)12-19(27-18)21(25)26-13-20(24)23-10-9-17(22-23)15-5-3-2-4-6-15/h2-6,12,14H,7-11,13H2,1H3/t14-/m1/s1. The van der Waals surface area contributed by atoms with Crippen molar-refractivity contribution in [1.82, 2.24) is 5.01 Å². The van der Waals surface area contributed by atoms with Gasteiger partial charge in [-0.3, -0.25) is 4.79 Å². The first kappa shape index (κ1) is 17.9. The summed E-state index contributed by atoms with van der Waals surface area (Å²) in [6, 6.07) is 11.7. The van der Waals surface area contributed by atoms with Crippen molar-refractivity contribution in [3.8, 4) is 0 Å². The summed E-state index contributed by atoms with van der Waals surface area (Å²) in [5, 5.41) is 5.78. The molecule has 0 radical (unpaired) electrons. The molecule has 27 heavy (non-hydrogen) atoms. The molecule has 6 heteroatoms. The highest BCUT2D eigenvalue weighted by Crippen LogP contribution is 2.32. The second-order valence-electron chi connectivity index (χ2n) is 7.16. The first-order valence-electron chi connectivity index (χ1n) is 9.32. The maximum Gasteiger partial charge on any atom is 0.348 e. The van der Waals surface area contributed by atoms with Gasteiger partial charge in [0.2, 0.25) is 0 Å². The number of aryl methyl sites for hydroxylation is 1. The monoisotopic (exact) mass is 382 g/mol. The largest absolute Gasteiger partial charge is 0.451 e. The molecule has 0 fully saturated rings. The van der Waals surface area contributed by atoms with Crippen LogP contribution < -0.4 is 0 Å². The van der Waals surface area contributed by atoms with Gasteiger partial charge in [0, 0.05) is 11.3 Å². The number of nitrogens with zero attached hydrogens (tertiary/aromatic N) is 2. The van der Waals surface area contributed by atoms with Gasteiger partial charge in [-0.05, 0) is 42.4 Å². The molecule has 0 bridgehead atoms. The van der Waals surface area contributed by atoms with E-state index in [9.17, 15) is 9.59 Å². The summed E-state index contributed by atoms with van der Waals surface area (Å²) in [6.45, 7) is 2.48. The Morgan fingerprint density at radius 2 is 2.07 bits per heavy atom. The lowest BCUT2D eigenvalue weighted by atomic mass is 9.90. The number of esters is 1. The van der Waals surface area contributed by atoms with Gasteiger partial charge < -0.3 is 4.74 Å². The lowest BCUT2D eigenvalue weighted by molar-refractivity contribution is -0.134. The minimum atomic E-state index is -0.415. The summed E-state index contributed by atoms with van der Waals surface area (Å²) < 4.78 is 5.26. The van der Waals surface area contributed by atoms with Gasteiger partial charge in [-0.25, -0.2) is 9.80 Å². The SMILES string of the molecule is C[C@@H]1CCc2sc(C(=O)OCC(=O)N3CCC(c4ccccc4)=N3)cc2C1. The molecule has 140 valence electrons. The number of fused-ring (bicyclic) bond motifs is 1. The zero-order valence-corrected chi connectivity index (χ0v) is 16.1. The lowest BCUT2D eigenvalue weighted by Crippen LogP contribution is -2.28. The van der Waals surface area contributed by atoms with Crippen LogP contribution in [0, 0.1) is 5.92 Å². The number of carbonyl (C=O) groups is 2. The molecular weight excluding hydrogens is 360 g/mol. The molecule has 0 spiro atoms. The van der Waals surface area contributed by atoms with Crippen LogP contribution in [0.25, 0.3) is 0 Å². The second kappa shape index (κ2) is 7.64. The zero-order chi connectivity index (χ0) is 18.8. The number of hydrazone groups is 1. The van der Waals surface area contributed by atoms with Crippen LogP contribution in [0.2, 0.25) is 0 Å². The van der Waals surface area contributed by atoms with Crippen LogP contribution in [0.15, 0.2) is 41.5 Å². The summed E-state index contributed by atoms with van der Waals surface area (Å²) in [6.07, 6.45) is 3.91. The van der Waals surface area contributed by atoms with Gasteiger partial charge in [-0.15, -0.1) is 11.3 Å². The van der Waals surface area contributed by atoms with Gasteiger partial charge in [-0.2, -0.15) is 5.10 Å². The van der Waals surface area contributed by atoms with E-state index in [1.54, 1.807) is 0 Å². The number of amides is 1. The first-order chi connectivity index (χ1) is 13.1. The van der Waals surface area contributed by atoms with Gasteiger partial charge in [0.05, 0.1) is 12.3 Å². The topological polar surface area (TPSA) is 59.0 Å². The lowest BCUT2D eigenvalue weighted by Gasteiger charge is -2.16. The Kier molecular flexibility index (Phi) is 5.07. The van der Waals surface area contributed by atoms with E-state index in [1.165, 1.54) is 26.8 Å². The van der Waals surface area contributed by atoms with E-state index in [0.717, 1.165) is 30.5 Å². The molecule has 1 aliphatic carbocycles. The molecule has 1 aliphatic heterocycles. The molecule has 2 aliphatic rings. The van der Waals surface area contributed by atoms with E-state index in [4.69, 9.17) is 4.74 Å². The summed E-state index contributed by atoms with van der Waals surface area (Å²) in [7, 11) is 0. The van der Waals surface area contributed by atoms with Crippen LogP contribution in [-0.4, -0.2) is 35.7 Å². The van der Waals surface area contributed by atoms with E-state index in [2.05, 4.69) is 12.0 Å². The highest BCUT2D eigenvalue weighted by molar-refractivity contribution is 7.14. The quantitative estimate of drug-likeness (QED) is 0.758. The number of hydrogen-bond donors (Lipinski definition) is 0. The molecule has 1 aromatic carbocycles. The average molecular weight is 382 g/mol. The summed E-state index contributed by atoms with van der Waals surface area (Å²) in [4.78, 5) is 26.5. The Morgan fingerprint density at radius 1 is 1.26 bits per heavy atom. The Morgan fingerprint density at radius 3 is 2.89 bits per heavy atom. The number of carbonyl (C=O) groups excluding carboxylic acids is 2. The van der Waals surface area contributed by atoms with Gasteiger partial charge in [-0.1, -0.05) is 37.3 Å². The van der Waals surface area contributed by atoms with Crippen LogP contribution in [-0.2, 0) is 22.4 Å². The molecule has 1 aromatic heterocycles. The van der Waals surface area contributed by atoms with Crippen LogP contribution in [0.5, 0.6) is 0 Å². The fourth-order valence-corrected chi connectivity index (χ4v) is 4.65. The van der Waals surface area contributed by atoms with Gasteiger partial charge >= 0.3 is 5.97 Å². The second-order valence-corrected chi connectivity index (χ2v) is 8.30. The predicted octanol–water partition coefficient (Wildman–Crippen LogP) is 3.67. The van der Waals surface area contributed by atoms with Crippen molar-refractivity contribution in [3.63, 3.8) is 0 Å². The molecule has 0 saturated carbocycles. The van der Waals surface area contributed by atoms with Crippen molar-refractivity contribution >= 4 is 28.9 Å². The van der Waals surface area contributed by atoms with E-state index >= 15 is 0 Å². The Bertz CT molecular complexity index is 888. The number of hydrogen-bond acceptors (Lipinski definition) is 5. The van der Waals surface area contributed by atoms with Crippen LogP contribution in [0.4, 0.5) is 0 Å². The minimum absolute atomic E-state index is 0.274. The van der Waals surface area contributed by atoms with Crippen molar-refractivity contribution in [3.05, 3.63) is 57.3 Å². The number of rotatable bonds is 4. The molecule has 0 N–H and O–H groups in total. The molecule has 2 aromatic rings. The molecule has 1 atom stereocenters. The van der Waals surface area contributed by atoms with Crippen molar-refractivity contribution in [2.75, 3.05) is 13.2 Å². The Labute approximate surface area is 162 Å². The zero-order valence-electron chi connectivity index (χ0n) is 15.3. The predicted molar refractivity (Wildman–Crippen MR) is 105 cm³/mol. The number of thiophene rings is 1. The maximum absolute atomic E-state index is 12.3. The number of benzene rings is 1. The first-order valence-corrected chi connectivity index (χ1v) is 10.1. The van der Waals surface area contributed by atoms with E-state index in [0.29, 0.717) is 23.8 Å². The van der Waals surface area contributed by atoms with Crippen molar-refractivity contribution < 1.29 is 14.3 Å². The van der Waals surface area contributed by atoms with Crippen LogP contribution in [0.3, 0.4) is 0 Å². The molecule has 2 heterocycles. The van der Waals surface area contributed by atoms with Crippen LogP contribution in [0.1, 0.15) is 45.4 Å². The number of ether oxygens (including phenoxy) is 1. The molecular formula is C21H22N2O3S. The average Bonchev–Trinajstić information content (AvgIpc) is 3.33. The van der Waals surface area contributed by atoms with Crippen LogP contribution >= 0.6 is 11.3 Å². The molecule has 0 saturated heterocycles. The highest BCUT2D eigenvalue weighted by Gasteiger charge is 2.24. The summed E-state index contributed by atoms with van der Waals surface area (Å²) in [5.74, 6) is -0.0459. The van der Waals surface area contributed by atoms with Crippen molar-refractivity contribution in [1.29, 1.82) is 0 Å². The van der Waals surface area contributed by atoms with Crippen molar-refractivity contribution in [2.45, 2.75) is 32.6 Å². The maximum atomic E-state index is 12.3. The highest BCUT2D eigenvalue weighted by atomic mass is 32.1. The van der Waals surface area contributed by atoms with E-state index < -0.39 is 5.97 Å². The minimum Gasteiger partial charge on any atom is -0.451 e. The third-order valence-corrected chi connectivity index (χ3v) is 6.27. The molecule has 1 amide bonds. The van der Waals surface area contributed by atoms with Gasteiger partial charge in [0.15, 0.2) is 6.61 Å².